The number of nitrogens with zero attached hydrogens (tertiary/aromatic N) is 3. The number of anilines is 1. The van der Waals surface area contributed by atoms with E-state index in [1.807, 2.05) is 0 Å². The first-order valence-electron chi connectivity index (χ1n) is 10.3. The molecular weight excluding hydrogens is 362 g/mol. The maximum atomic E-state index is 4.89. The molecular formula is C24H29N3S. The van der Waals surface area contributed by atoms with Crippen LogP contribution < -0.4 is 4.90 Å². The molecule has 0 radical (unpaired) electrons. The average molecular weight is 392 g/mol. The van der Waals surface area contributed by atoms with Crippen LogP contribution in [0.15, 0.2) is 53.9 Å². The van der Waals surface area contributed by atoms with Crippen molar-refractivity contribution in [2.24, 2.45) is 0 Å². The van der Waals surface area contributed by atoms with Crippen LogP contribution in [0.25, 0.3) is 21.8 Å². The molecule has 2 aromatic carbocycles. The van der Waals surface area contributed by atoms with Crippen LogP contribution in [-0.2, 0) is 6.54 Å². The van der Waals surface area contributed by atoms with Crippen molar-refractivity contribution < 1.29 is 0 Å². The Hall–Kier alpha value is -2.17. The van der Waals surface area contributed by atoms with Gasteiger partial charge in [-0.05, 0) is 62.7 Å². The minimum absolute atomic E-state index is 1.000. The molecule has 0 unspecified atom stereocenters. The normalized spacial score (nSPS) is 14.2. The van der Waals surface area contributed by atoms with Gasteiger partial charge < -0.3 is 9.80 Å². The second-order valence-corrected chi connectivity index (χ2v) is 8.57. The minimum atomic E-state index is 1.000. The molecule has 0 amide bonds. The largest absolute Gasteiger partial charge is 0.372 e. The van der Waals surface area contributed by atoms with E-state index in [0.29, 0.717) is 0 Å². The van der Waals surface area contributed by atoms with Gasteiger partial charge >= 0.3 is 0 Å². The Balaban J connectivity index is 1.45. The van der Waals surface area contributed by atoms with Crippen LogP contribution in [0.1, 0.15) is 31.7 Å². The van der Waals surface area contributed by atoms with Crippen LogP contribution >= 0.6 is 11.3 Å². The standard InChI is InChI=1S/C24H29N3S/c1-3-14-26(2)17-19-6-8-20(9-7-19)23-18-28-24(25-23)21-10-12-22(13-11-21)27-15-4-5-16-27/h6-13,18H,3-5,14-17H2,1-2H3. The van der Waals surface area contributed by atoms with Gasteiger partial charge in [0.25, 0.3) is 0 Å². The van der Waals surface area contributed by atoms with Crippen LogP contribution in [-0.4, -0.2) is 36.6 Å². The molecule has 4 heteroatoms. The van der Waals surface area contributed by atoms with E-state index in [-0.39, 0.29) is 0 Å². The molecule has 0 spiro atoms. The minimum Gasteiger partial charge on any atom is -0.372 e. The second-order valence-electron chi connectivity index (χ2n) is 7.71. The van der Waals surface area contributed by atoms with Gasteiger partial charge in [-0.2, -0.15) is 0 Å². The summed E-state index contributed by atoms with van der Waals surface area (Å²) in [4.78, 5) is 9.72. The lowest BCUT2D eigenvalue weighted by atomic mass is 10.1. The molecule has 1 aliphatic rings. The lowest BCUT2D eigenvalue weighted by molar-refractivity contribution is 0.327. The number of hydrogen-bond acceptors (Lipinski definition) is 4. The fourth-order valence-corrected chi connectivity index (χ4v) is 4.72. The average Bonchev–Trinajstić information content (AvgIpc) is 3.41. The van der Waals surface area contributed by atoms with Crippen LogP contribution in [0.2, 0.25) is 0 Å². The van der Waals surface area contributed by atoms with Gasteiger partial charge in [-0.3, -0.25) is 0 Å². The molecule has 3 nitrogen and oxygen atoms in total. The van der Waals surface area contributed by atoms with E-state index in [2.05, 4.69) is 77.7 Å². The molecule has 1 fully saturated rings. The number of hydrogen-bond donors (Lipinski definition) is 0. The van der Waals surface area contributed by atoms with Gasteiger partial charge in [0.2, 0.25) is 0 Å². The molecule has 3 aromatic rings. The first-order chi connectivity index (χ1) is 13.7. The molecule has 0 atom stereocenters. The zero-order valence-corrected chi connectivity index (χ0v) is 17.7. The summed E-state index contributed by atoms with van der Waals surface area (Å²) in [5.74, 6) is 0. The zero-order chi connectivity index (χ0) is 19.3. The highest BCUT2D eigenvalue weighted by atomic mass is 32.1. The summed E-state index contributed by atoms with van der Waals surface area (Å²) in [6.07, 6.45) is 3.81. The second kappa shape index (κ2) is 8.89. The van der Waals surface area contributed by atoms with E-state index >= 15 is 0 Å². The number of benzene rings is 2. The van der Waals surface area contributed by atoms with E-state index in [9.17, 15) is 0 Å². The summed E-state index contributed by atoms with van der Waals surface area (Å²) in [5, 5.41) is 3.26. The van der Waals surface area contributed by atoms with Gasteiger partial charge in [-0.15, -0.1) is 11.3 Å². The maximum Gasteiger partial charge on any atom is 0.124 e. The third kappa shape index (κ3) is 4.45. The highest BCUT2D eigenvalue weighted by Crippen LogP contribution is 2.31. The lowest BCUT2D eigenvalue weighted by Gasteiger charge is -2.17. The topological polar surface area (TPSA) is 19.4 Å². The van der Waals surface area contributed by atoms with Crippen molar-refractivity contribution in [3.63, 3.8) is 0 Å². The quantitative estimate of drug-likeness (QED) is 0.498. The summed E-state index contributed by atoms with van der Waals surface area (Å²) in [6, 6.07) is 17.8. The van der Waals surface area contributed by atoms with Crippen LogP contribution in [0, 0.1) is 0 Å². The Morgan fingerprint density at radius 2 is 1.64 bits per heavy atom. The highest BCUT2D eigenvalue weighted by molar-refractivity contribution is 7.13. The summed E-state index contributed by atoms with van der Waals surface area (Å²) in [5.41, 5.74) is 6.15. The van der Waals surface area contributed by atoms with E-state index in [0.717, 1.165) is 23.8 Å². The summed E-state index contributed by atoms with van der Waals surface area (Å²) in [6.45, 7) is 6.73. The summed E-state index contributed by atoms with van der Waals surface area (Å²) < 4.78 is 0. The van der Waals surface area contributed by atoms with Crippen molar-refractivity contribution in [3.05, 3.63) is 59.5 Å². The van der Waals surface area contributed by atoms with Crippen molar-refractivity contribution in [2.75, 3.05) is 31.6 Å². The number of thiazole rings is 1. The predicted molar refractivity (Wildman–Crippen MR) is 121 cm³/mol. The molecule has 1 aromatic heterocycles. The number of aromatic nitrogens is 1. The van der Waals surface area contributed by atoms with Crippen molar-refractivity contribution in [1.29, 1.82) is 0 Å². The Bertz CT molecular complexity index is 877. The summed E-state index contributed by atoms with van der Waals surface area (Å²) >= 11 is 1.72. The fraction of sp³-hybridized carbons (Fsp3) is 0.375. The van der Waals surface area contributed by atoms with E-state index in [4.69, 9.17) is 4.98 Å². The Labute approximate surface area is 172 Å². The van der Waals surface area contributed by atoms with Crippen molar-refractivity contribution >= 4 is 17.0 Å². The maximum absolute atomic E-state index is 4.89. The SMILES string of the molecule is CCCN(C)Cc1ccc(-c2csc(-c3ccc(N4CCCC4)cc3)n2)cc1. The Morgan fingerprint density at radius 3 is 2.32 bits per heavy atom. The lowest BCUT2D eigenvalue weighted by Crippen LogP contribution is -2.18. The highest BCUT2D eigenvalue weighted by Gasteiger charge is 2.13. The third-order valence-corrected chi connectivity index (χ3v) is 6.29. The first kappa shape index (κ1) is 19.2. The monoisotopic (exact) mass is 391 g/mol. The van der Waals surface area contributed by atoms with Gasteiger partial charge in [0.1, 0.15) is 5.01 Å². The molecule has 1 aliphatic heterocycles. The summed E-state index contributed by atoms with van der Waals surface area (Å²) in [7, 11) is 2.18. The first-order valence-corrected chi connectivity index (χ1v) is 11.2. The molecule has 1 saturated heterocycles. The molecule has 4 rings (SSSR count). The van der Waals surface area contributed by atoms with E-state index < -0.39 is 0 Å². The smallest absolute Gasteiger partial charge is 0.124 e. The molecule has 2 heterocycles. The Kier molecular flexibility index (Phi) is 6.08. The zero-order valence-electron chi connectivity index (χ0n) is 16.9. The van der Waals surface area contributed by atoms with Crippen molar-refractivity contribution in [2.45, 2.75) is 32.7 Å². The van der Waals surface area contributed by atoms with Crippen LogP contribution in [0.5, 0.6) is 0 Å². The molecule has 28 heavy (non-hydrogen) atoms. The molecule has 0 N–H and O–H groups in total. The van der Waals surface area contributed by atoms with Gasteiger partial charge in [0.05, 0.1) is 5.69 Å². The van der Waals surface area contributed by atoms with Gasteiger partial charge in [-0.25, -0.2) is 4.98 Å². The Morgan fingerprint density at radius 1 is 0.964 bits per heavy atom. The van der Waals surface area contributed by atoms with Crippen molar-refractivity contribution in [3.8, 4) is 21.8 Å². The van der Waals surface area contributed by atoms with Crippen LogP contribution in [0.4, 0.5) is 5.69 Å². The van der Waals surface area contributed by atoms with Gasteiger partial charge in [0.15, 0.2) is 0 Å². The van der Waals surface area contributed by atoms with E-state index in [1.165, 1.54) is 54.7 Å². The van der Waals surface area contributed by atoms with E-state index in [1.54, 1.807) is 11.3 Å². The molecule has 0 saturated carbocycles. The van der Waals surface area contributed by atoms with Crippen LogP contribution in [0.3, 0.4) is 0 Å². The van der Waals surface area contributed by atoms with Gasteiger partial charge in [0, 0.05) is 41.8 Å². The van der Waals surface area contributed by atoms with Gasteiger partial charge in [-0.1, -0.05) is 31.2 Å². The predicted octanol–water partition coefficient (Wildman–Crippen LogP) is 5.92. The number of rotatable bonds is 7. The fourth-order valence-electron chi connectivity index (χ4n) is 3.88. The molecule has 0 aliphatic carbocycles. The molecule has 0 bridgehead atoms. The van der Waals surface area contributed by atoms with Crippen molar-refractivity contribution in [1.82, 2.24) is 9.88 Å². The molecule has 146 valence electrons. The third-order valence-electron chi connectivity index (χ3n) is 5.40.